The molecule has 1 aliphatic heterocycles. The summed E-state index contributed by atoms with van der Waals surface area (Å²) in [6.07, 6.45) is 1.92. The maximum absolute atomic E-state index is 12.0. The van der Waals surface area contributed by atoms with Crippen molar-refractivity contribution in [1.29, 1.82) is 0 Å². The Bertz CT molecular complexity index is 328. The SMILES string of the molecule is CC(C)CNS(=O)(=O)N1CCCC(C(C)N)C1. The van der Waals surface area contributed by atoms with Crippen molar-refractivity contribution in [3.8, 4) is 0 Å². The summed E-state index contributed by atoms with van der Waals surface area (Å²) in [5.41, 5.74) is 5.85. The Morgan fingerprint density at radius 3 is 2.59 bits per heavy atom. The first-order valence-electron chi connectivity index (χ1n) is 6.33. The van der Waals surface area contributed by atoms with Crippen molar-refractivity contribution >= 4 is 10.2 Å². The minimum absolute atomic E-state index is 0.0538. The highest BCUT2D eigenvalue weighted by Crippen LogP contribution is 2.20. The van der Waals surface area contributed by atoms with Gasteiger partial charge in [-0.3, -0.25) is 0 Å². The fourth-order valence-electron chi connectivity index (χ4n) is 1.98. The van der Waals surface area contributed by atoms with Gasteiger partial charge in [-0.1, -0.05) is 13.8 Å². The van der Waals surface area contributed by atoms with Gasteiger partial charge in [0, 0.05) is 25.7 Å². The molecule has 1 heterocycles. The predicted molar refractivity (Wildman–Crippen MR) is 69.7 cm³/mol. The molecule has 0 aromatic heterocycles. The molecule has 3 N–H and O–H groups in total. The van der Waals surface area contributed by atoms with Crippen LogP contribution in [0.4, 0.5) is 0 Å². The molecule has 5 nitrogen and oxygen atoms in total. The summed E-state index contributed by atoms with van der Waals surface area (Å²) in [4.78, 5) is 0. The molecule has 6 heteroatoms. The Hall–Kier alpha value is -0.170. The van der Waals surface area contributed by atoms with Crippen LogP contribution in [0.1, 0.15) is 33.6 Å². The highest BCUT2D eigenvalue weighted by molar-refractivity contribution is 7.87. The van der Waals surface area contributed by atoms with Gasteiger partial charge in [-0.25, -0.2) is 4.72 Å². The number of hydrogen-bond acceptors (Lipinski definition) is 3. The fourth-order valence-corrected chi connectivity index (χ4v) is 3.47. The Morgan fingerprint density at radius 2 is 2.06 bits per heavy atom. The monoisotopic (exact) mass is 263 g/mol. The Morgan fingerprint density at radius 1 is 1.41 bits per heavy atom. The number of piperidine rings is 1. The molecule has 0 amide bonds. The third kappa shape index (κ3) is 4.54. The molecule has 1 aliphatic rings. The molecule has 0 radical (unpaired) electrons. The molecule has 0 bridgehead atoms. The number of rotatable bonds is 5. The second-order valence-electron chi connectivity index (χ2n) is 5.37. The summed E-state index contributed by atoms with van der Waals surface area (Å²) in [7, 11) is -3.32. The van der Waals surface area contributed by atoms with Crippen LogP contribution in [0.3, 0.4) is 0 Å². The highest BCUT2D eigenvalue weighted by atomic mass is 32.2. The zero-order valence-electron chi connectivity index (χ0n) is 11.0. The lowest BCUT2D eigenvalue weighted by Crippen LogP contribution is -2.49. The van der Waals surface area contributed by atoms with E-state index >= 15 is 0 Å². The summed E-state index contributed by atoms with van der Waals surface area (Å²) >= 11 is 0. The molecule has 17 heavy (non-hydrogen) atoms. The minimum atomic E-state index is -3.32. The smallest absolute Gasteiger partial charge is 0.279 e. The first kappa shape index (κ1) is 14.9. The third-order valence-electron chi connectivity index (χ3n) is 3.18. The van der Waals surface area contributed by atoms with Crippen LogP contribution in [0.15, 0.2) is 0 Å². The van der Waals surface area contributed by atoms with E-state index < -0.39 is 10.2 Å². The molecule has 0 aromatic rings. The Kier molecular flexibility index (Phi) is 5.37. The zero-order valence-corrected chi connectivity index (χ0v) is 11.8. The van der Waals surface area contributed by atoms with Crippen LogP contribution in [0.2, 0.25) is 0 Å². The van der Waals surface area contributed by atoms with E-state index in [4.69, 9.17) is 5.73 Å². The molecule has 0 aliphatic carbocycles. The number of hydrogen-bond donors (Lipinski definition) is 2. The van der Waals surface area contributed by atoms with Crippen molar-refractivity contribution in [3.63, 3.8) is 0 Å². The van der Waals surface area contributed by atoms with Gasteiger partial charge in [0.05, 0.1) is 0 Å². The molecule has 2 atom stereocenters. The summed E-state index contributed by atoms with van der Waals surface area (Å²) < 4.78 is 28.2. The standard InChI is InChI=1S/C11H25N3O2S/c1-9(2)7-13-17(15,16)14-6-4-5-11(8-14)10(3)12/h9-11,13H,4-8,12H2,1-3H3. The van der Waals surface area contributed by atoms with Gasteiger partial charge in [-0.15, -0.1) is 0 Å². The highest BCUT2D eigenvalue weighted by Gasteiger charge is 2.30. The molecule has 1 fully saturated rings. The Balaban J connectivity index is 2.59. The van der Waals surface area contributed by atoms with Gasteiger partial charge in [0.2, 0.25) is 0 Å². The van der Waals surface area contributed by atoms with Crippen LogP contribution in [0, 0.1) is 11.8 Å². The molecule has 0 spiro atoms. The van der Waals surface area contributed by atoms with Crippen LogP contribution in [0.25, 0.3) is 0 Å². The van der Waals surface area contributed by atoms with Crippen molar-refractivity contribution in [2.75, 3.05) is 19.6 Å². The van der Waals surface area contributed by atoms with Crippen molar-refractivity contribution in [2.45, 2.75) is 39.7 Å². The predicted octanol–water partition coefficient (Wildman–Crippen LogP) is 0.536. The summed E-state index contributed by atoms with van der Waals surface area (Å²) in [5.74, 6) is 0.596. The number of nitrogens with two attached hydrogens (primary N) is 1. The van der Waals surface area contributed by atoms with Gasteiger partial charge in [-0.2, -0.15) is 12.7 Å². The lowest BCUT2D eigenvalue weighted by Gasteiger charge is -2.33. The summed E-state index contributed by atoms with van der Waals surface area (Å²) in [5, 5.41) is 0. The summed E-state index contributed by atoms with van der Waals surface area (Å²) in [6, 6.07) is 0.0538. The van der Waals surface area contributed by atoms with Crippen LogP contribution in [0.5, 0.6) is 0 Å². The van der Waals surface area contributed by atoms with Gasteiger partial charge in [0.25, 0.3) is 10.2 Å². The normalized spacial score (nSPS) is 25.1. The van der Waals surface area contributed by atoms with Crippen molar-refractivity contribution in [2.24, 2.45) is 17.6 Å². The van der Waals surface area contributed by atoms with E-state index in [9.17, 15) is 8.42 Å². The van der Waals surface area contributed by atoms with Crippen LogP contribution in [-0.4, -0.2) is 38.4 Å². The molecular formula is C11H25N3O2S. The van der Waals surface area contributed by atoms with E-state index in [1.807, 2.05) is 20.8 Å². The van der Waals surface area contributed by atoms with Crippen molar-refractivity contribution in [1.82, 2.24) is 9.03 Å². The van der Waals surface area contributed by atoms with Crippen LogP contribution in [-0.2, 0) is 10.2 Å². The van der Waals surface area contributed by atoms with E-state index in [-0.39, 0.29) is 12.0 Å². The second kappa shape index (κ2) is 6.13. The van der Waals surface area contributed by atoms with Crippen molar-refractivity contribution < 1.29 is 8.42 Å². The molecule has 1 rings (SSSR count). The maximum Gasteiger partial charge on any atom is 0.279 e. The number of nitrogens with one attached hydrogen (secondary N) is 1. The maximum atomic E-state index is 12.0. The van der Waals surface area contributed by atoms with Gasteiger partial charge >= 0.3 is 0 Å². The molecule has 0 aromatic carbocycles. The van der Waals surface area contributed by atoms with E-state index in [1.165, 1.54) is 4.31 Å². The summed E-state index contributed by atoms with van der Waals surface area (Å²) in [6.45, 7) is 7.57. The van der Waals surface area contributed by atoms with E-state index in [2.05, 4.69) is 4.72 Å². The molecule has 1 saturated heterocycles. The van der Waals surface area contributed by atoms with E-state index in [1.54, 1.807) is 0 Å². The van der Waals surface area contributed by atoms with Crippen LogP contribution < -0.4 is 10.5 Å². The average Bonchev–Trinajstić information content (AvgIpc) is 2.27. The van der Waals surface area contributed by atoms with E-state index in [0.29, 0.717) is 25.6 Å². The molecule has 102 valence electrons. The van der Waals surface area contributed by atoms with E-state index in [0.717, 1.165) is 12.8 Å². The third-order valence-corrected chi connectivity index (χ3v) is 4.72. The number of nitrogens with zero attached hydrogens (tertiary/aromatic N) is 1. The first-order chi connectivity index (χ1) is 7.83. The lowest BCUT2D eigenvalue weighted by molar-refractivity contribution is 0.240. The zero-order chi connectivity index (χ0) is 13.1. The quantitative estimate of drug-likeness (QED) is 0.760. The average molecular weight is 263 g/mol. The first-order valence-corrected chi connectivity index (χ1v) is 7.77. The molecular weight excluding hydrogens is 238 g/mol. The van der Waals surface area contributed by atoms with Gasteiger partial charge < -0.3 is 5.73 Å². The minimum Gasteiger partial charge on any atom is -0.328 e. The van der Waals surface area contributed by atoms with Gasteiger partial charge in [-0.05, 0) is 31.6 Å². The lowest BCUT2D eigenvalue weighted by atomic mass is 9.93. The second-order valence-corrected chi connectivity index (χ2v) is 7.12. The molecule has 0 saturated carbocycles. The topological polar surface area (TPSA) is 75.4 Å². The van der Waals surface area contributed by atoms with Gasteiger partial charge in [0.1, 0.15) is 0 Å². The van der Waals surface area contributed by atoms with Crippen LogP contribution >= 0.6 is 0 Å². The molecule has 2 unspecified atom stereocenters. The van der Waals surface area contributed by atoms with Crippen molar-refractivity contribution in [3.05, 3.63) is 0 Å². The van der Waals surface area contributed by atoms with Gasteiger partial charge in [0.15, 0.2) is 0 Å². The Labute approximate surface area is 105 Å². The fraction of sp³-hybridized carbons (Fsp3) is 1.00. The largest absolute Gasteiger partial charge is 0.328 e.